The molecule has 0 bridgehead atoms. The summed E-state index contributed by atoms with van der Waals surface area (Å²) in [5.74, 6) is 1.89. The topological polar surface area (TPSA) is 72.1 Å². The molecular weight excluding hydrogens is 354 g/mol. The molecule has 2 N–H and O–H groups in total. The predicted octanol–water partition coefficient (Wildman–Crippen LogP) is 1.75. The number of ether oxygens (including phenoxy) is 3. The number of nitrogens with one attached hydrogen (secondary N) is 2. The summed E-state index contributed by atoms with van der Waals surface area (Å²) in [5.41, 5.74) is 6.30. The standard InChI is InChI=1S/C18H21N3O4S/c1-12-15(8-19-20-12)21(9-14-3-2-6-26-14)18(22)10-23-13-4-5-16-17(7-13)25-11-24-16/h2-7,12,15,19-20H,8-11H2,1H3. The van der Waals surface area contributed by atoms with Crippen LogP contribution in [0.25, 0.3) is 0 Å². The lowest BCUT2D eigenvalue weighted by Crippen LogP contribution is -2.48. The highest BCUT2D eigenvalue weighted by molar-refractivity contribution is 7.09. The van der Waals surface area contributed by atoms with Crippen molar-refractivity contribution in [3.05, 3.63) is 40.6 Å². The first-order valence-corrected chi connectivity index (χ1v) is 9.41. The lowest BCUT2D eigenvalue weighted by atomic mass is 10.1. The Morgan fingerprint density at radius 3 is 3.00 bits per heavy atom. The minimum Gasteiger partial charge on any atom is -0.484 e. The van der Waals surface area contributed by atoms with Gasteiger partial charge < -0.3 is 19.1 Å². The number of nitrogens with zero attached hydrogens (tertiary/aromatic N) is 1. The van der Waals surface area contributed by atoms with Crippen molar-refractivity contribution in [2.45, 2.75) is 25.6 Å². The normalized spacial score (nSPS) is 21.0. The highest BCUT2D eigenvalue weighted by Gasteiger charge is 2.32. The molecule has 3 heterocycles. The van der Waals surface area contributed by atoms with E-state index in [-0.39, 0.29) is 31.4 Å². The lowest BCUT2D eigenvalue weighted by Gasteiger charge is -2.30. The van der Waals surface area contributed by atoms with E-state index in [1.54, 1.807) is 29.5 Å². The number of amides is 1. The second-order valence-electron chi connectivity index (χ2n) is 6.29. The summed E-state index contributed by atoms with van der Waals surface area (Å²) in [5, 5.41) is 2.02. The minimum absolute atomic E-state index is 0.0196. The van der Waals surface area contributed by atoms with Crippen molar-refractivity contribution >= 4 is 17.2 Å². The summed E-state index contributed by atoms with van der Waals surface area (Å²) >= 11 is 1.65. The van der Waals surface area contributed by atoms with E-state index in [1.165, 1.54) is 0 Å². The van der Waals surface area contributed by atoms with E-state index in [0.29, 0.717) is 30.3 Å². The number of benzene rings is 1. The highest BCUT2D eigenvalue weighted by atomic mass is 32.1. The third-order valence-electron chi connectivity index (χ3n) is 4.55. The van der Waals surface area contributed by atoms with Gasteiger partial charge in [0.1, 0.15) is 5.75 Å². The van der Waals surface area contributed by atoms with Crippen LogP contribution in [0.4, 0.5) is 0 Å². The van der Waals surface area contributed by atoms with Crippen molar-refractivity contribution in [2.75, 3.05) is 19.9 Å². The number of fused-ring (bicyclic) bond motifs is 1. The fourth-order valence-electron chi connectivity index (χ4n) is 3.13. The van der Waals surface area contributed by atoms with Crippen molar-refractivity contribution in [3.8, 4) is 17.2 Å². The zero-order chi connectivity index (χ0) is 17.9. The SMILES string of the molecule is CC1NNCC1N(Cc1cccs1)C(=O)COc1ccc2c(c1)OCO2. The van der Waals surface area contributed by atoms with E-state index in [1.807, 2.05) is 22.4 Å². The quantitative estimate of drug-likeness (QED) is 0.802. The number of hydrogen-bond donors (Lipinski definition) is 2. The molecule has 26 heavy (non-hydrogen) atoms. The molecule has 1 aromatic carbocycles. The number of carbonyl (C=O) groups excluding carboxylic acids is 1. The second kappa shape index (κ2) is 7.53. The maximum atomic E-state index is 12.9. The zero-order valence-electron chi connectivity index (χ0n) is 14.4. The van der Waals surface area contributed by atoms with E-state index in [0.717, 1.165) is 4.88 Å². The van der Waals surface area contributed by atoms with Crippen molar-refractivity contribution < 1.29 is 19.0 Å². The van der Waals surface area contributed by atoms with Crippen LogP contribution in [0.2, 0.25) is 0 Å². The van der Waals surface area contributed by atoms with Crippen molar-refractivity contribution in [1.29, 1.82) is 0 Å². The van der Waals surface area contributed by atoms with Crippen LogP contribution in [-0.2, 0) is 11.3 Å². The van der Waals surface area contributed by atoms with Gasteiger partial charge in [0.2, 0.25) is 6.79 Å². The average Bonchev–Trinajstić information content (AvgIpc) is 3.39. The molecule has 2 aromatic rings. The maximum absolute atomic E-state index is 12.9. The molecule has 0 saturated carbocycles. The molecule has 2 aliphatic heterocycles. The van der Waals surface area contributed by atoms with E-state index >= 15 is 0 Å². The Bertz CT molecular complexity index is 768. The Labute approximate surface area is 155 Å². The van der Waals surface area contributed by atoms with E-state index in [9.17, 15) is 4.79 Å². The lowest BCUT2D eigenvalue weighted by molar-refractivity contribution is -0.136. The van der Waals surface area contributed by atoms with E-state index in [4.69, 9.17) is 14.2 Å². The Morgan fingerprint density at radius 2 is 2.23 bits per heavy atom. The van der Waals surface area contributed by atoms with Gasteiger partial charge in [0.05, 0.1) is 12.6 Å². The molecule has 2 unspecified atom stereocenters. The fraction of sp³-hybridized carbons (Fsp3) is 0.389. The zero-order valence-corrected chi connectivity index (χ0v) is 15.3. The van der Waals surface area contributed by atoms with E-state index in [2.05, 4.69) is 17.8 Å². The van der Waals surface area contributed by atoms with Gasteiger partial charge in [-0.25, -0.2) is 0 Å². The molecule has 0 aliphatic carbocycles. The van der Waals surface area contributed by atoms with Crippen molar-refractivity contribution in [3.63, 3.8) is 0 Å². The molecule has 0 radical (unpaired) electrons. The van der Waals surface area contributed by atoms with Gasteiger partial charge in [-0.15, -0.1) is 11.3 Å². The number of hydrogen-bond acceptors (Lipinski definition) is 7. The van der Waals surface area contributed by atoms with Crippen molar-refractivity contribution in [2.24, 2.45) is 0 Å². The number of hydrazine groups is 1. The Balaban J connectivity index is 1.43. The molecule has 7 nitrogen and oxygen atoms in total. The van der Waals surface area contributed by atoms with Gasteiger partial charge >= 0.3 is 0 Å². The average molecular weight is 375 g/mol. The van der Waals surface area contributed by atoms with Crippen LogP contribution in [0.3, 0.4) is 0 Å². The summed E-state index contributed by atoms with van der Waals surface area (Å²) in [6.07, 6.45) is 0. The van der Waals surface area contributed by atoms with Crippen molar-refractivity contribution in [1.82, 2.24) is 15.8 Å². The number of rotatable bonds is 6. The van der Waals surface area contributed by atoms with Gasteiger partial charge in [-0.2, -0.15) is 0 Å². The molecule has 2 aliphatic rings. The Hall–Kier alpha value is -2.29. The smallest absolute Gasteiger partial charge is 0.261 e. The van der Waals surface area contributed by atoms with Crippen LogP contribution in [0.5, 0.6) is 17.2 Å². The fourth-order valence-corrected chi connectivity index (χ4v) is 3.84. The highest BCUT2D eigenvalue weighted by Crippen LogP contribution is 2.35. The summed E-state index contributed by atoms with van der Waals surface area (Å²) in [6.45, 7) is 3.56. The van der Waals surface area contributed by atoms with Crippen LogP contribution < -0.4 is 25.1 Å². The number of carbonyl (C=O) groups is 1. The van der Waals surface area contributed by atoms with Gasteiger partial charge in [-0.3, -0.25) is 15.6 Å². The first-order valence-electron chi connectivity index (χ1n) is 8.53. The predicted molar refractivity (Wildman–Crippen MR) is 97.3 cm³/mol. The molecule has 1 saturated heterocycles. The van der Waals surface area contributed by atoms with E-state index < -0.39 is 0 Å². The monoisotopic (exact) mass is 375 g/mol. The minimum atomic E-state index is -0.0431. The van der Waals surface area contributed by atoms with Crippen LogP contribution in [0.1, 0.15) is 11.8 Å². The van der Waals surface area contributed by atoms with Crippen LogP contribution in [0, 0.1) is 0 Å². The molecule has 4 rings (SSSR count). The number of thiophene rings is 1. The first kappa shape index (κ1) is 17.1. The summed E-state index contributed by atoms with van der Waals surface area (Å²) in [7, 11) is 0. The molecule has 0 spiro atoms. The largest absolute Gasteiger partial charge is 0.484 e. The Morgan fingerprint density at radius 1 is 1.35 bits per heavy atom. The van der Waals surface area contributed by atoms with Gasteiger partial charge in [0.25, 0.3) is 5.91 Å². The van der Waals surface area contributed by atoms with Gasteiger partial charge in [-0.1, -0.05) is 6.07 Å². The van der Waals surface area contributed by atoms with Crippen LogP contribution in [-0.4, -0.2) is 42.8 Å². The molecular formula is C18H21N3O4S. The van der Waals surface area contributed by atoms with Gasteiger partial charge in [-0.05, 0) is 30.5 Å². The first-order chi connectivity index (χ1) is 12.7. The second-order valence-corrected chi connectivity index (χ2v) is 7.32. The third-order valence-corrected chi connectivity index (χ3v) is 5.41. The summed E-state index contributed by atoms with van der Waals surface area (Å²) < 4.78 is 16.4. The third kappa shape index (κ3) is 3.62. The molecule has 8 heteroatoms. The maximum Gasteiger partial charge on any atom is 0.261 e. The summed E-state index contributed by atoms with van der Waals surface area (Å²) in [6, 6.07) is 9.62. The Kier molecular flexibility index (Phi) is 4.96. The molecule has 1 aromatic heterocycles. The van der Waals surface area contributed by atoms with Gasteiger partial charge in [0, 0.05) is 23.5 Å². The molecule has 2 atom stereocenters. The summed E-state index contributed by atoms with van der Waals surface area (Å²) in [4.78, 5) is 15.9. The molecule has 1 amide bonds. The van der Waals surface area contributed by atoms with Crippen LogP contribution >= 0.6 is 11.3 Å². The molecule has 138 valence electrons. The molecule has 1 fully saturated rings. The van der Waals surface area contributed by atoms with Crippen LogP contribution in [0.15, 0.2) is 35.7 Å². The van der Waals surface area contributed by atoms with Gasteiger partial charge in [0.15, 0.2) is 18.1 Å².